The number of para-hydroxylation sites is 1. The van der Waals surface area contributed by atoms with Crippen molar-refractivity contribution >= 4 is 44.7 Å². The number of aryl methyl sites for hydroxylation is 1. The number of rotatable bonds is 1. The molecule has 0 atom stereocenters. The number of benzene rings is 2. The van der Waals surface area contributed by atoms with E-state index in [9.17, 15) is 14.4 Å². The zero-order valence-electron chi connectivity index (χ0n) is 13.6. The third kappa shape index (κ3) is 1.86. The molecule has 0 spiro atoms. The molecule has 5 rings (SSSR count). The lowest BCUT2D eigenvalue weighted by Gasteiger charge is -2.14. The summed E-state index contributed by atoms with van der Waals surface area (Å²) in [5.41, 5.74) is 1.82. The number of aromatic nitrogens is 2. The molecule has 1 aliphatic heterocycles. The summed E-state index contributed by atoms with van der Waals surface area (Å²) >= 11 is 1.07. The minimum atomic E-state index is -0.501. The number of carbonyl (C=O) groups is 2. The van der Waals surface area contributed by atoms with Gasteiger partial charge in [-0.2, -0.15) is 0 Å². The smallest absolute Gasteiger partial charge is 0.268 e. The fourth-order valence-corrected chi connectivity index (χ4v) is 4.23. The normalized spacial score (nSPS) is 13.8. The summed E-state index contributed by atoms with van der Waals surface area (Å²) in [5, 5.41) is 0.416. The Hall–Kier alpha value is -3.32. The van der Waals surface area contributed by atoms with Gasteiger partial charge in [0, 0.05) is 0 Å². The molecule has 0 unspecified atom stereocenters. The number of hydrogen-bond acceptors (Lipinski definition) is 5. The molecule has 7 heteroatoms. The van der Waals surface area contributed by atoms with E-state index in [1.807, 2.05) is 19.1 Å². The number of carbonyl (C=O) groups excluding carboxylic acids is 2. The Bertz CT molecular complexity index is 1300. The van der Waals surface area contributed by atoms with Crippen LogP contribution in [-0.4, -0.2) is 21.2 Å². The van der Waals surface area contributed by atoms with E-state index in [1.54, 1.807) is 36.4 Å². The molecule has 0 N–H and O–H groups in total. The van der Waals surface area contributed by atoms with Crippen molar-refractivity contribution in [1.82, 2.24) is 9.38 Å². The summed E-state index contributed by atoms with van der Waals surface area (Å²) in [7, 11) is 0. The molecular formula is C19H11N3O3S. The molecule has 0 saturated carbocycles. The van der Waals surface area contributed by atoms with Gasteiger partial charge >= 0.3 is 0 Å². The van der Waals surface area contributed by atoms with Crippen molar-refractivity contribution in [2.45, 2.75) is 6.92 Å². The van der Waals surface area contributed by atoms with Crippen LogP contribution in [0.1, 0.15) is 25.7 Å². The van der Waals surface area contributed by atoms with E-state index in [-0.39, 0.29) is 16.1 Å². The predicted molar refractivity (Wildman–Crippen MR) is 99.2 cm³/mol. The maximum absolute atomic E-state index is 13.0. The summed E-state index contributed by atoms with van der Waals surface area (Å²) < 4.78 is 1.26. The summed E-state index contributed by atoms with van der Waals surface area (Å²) in [6.45, 7) is 1.93. The van der Waals surface area contributed by atoms with E-state index >= 15 is 0 Å². The summed E-state index contributed by atoms with van der Waals surface area (Å²) in [6, 6.07) is 14.1. The van der Waals surface area contributed by atoms with Crippen molar-refractivity contribution in [3.63, 3.8) is 0 Å². The van der Waals surface area contributed by atoms with Crippen LogP contribution in [-0.2, 0) is 0 Å². The first-order valence-corrected chi connectivity index (χ1v) is 8.77. The van der Waals surface area contributed by atoms with Gasteiger partial charge in [-0.1, -0.05) is 41.2 Å². The summed E-state index contributed by atoms with van der Waals surface area (Å²) in [6.07, 6.45) is 0. The van der Waals surface area contributed by atoms with Gasteiger partial charge in [-0.15, -0.1) is 0 Å². The zero-order chi connectivity index (χ0) is 18.0. The quantitative estimate of drug-likeness (QED) is 0.489. The Morgan fingerprint density at radius 1 is 0.923 bits per heavy atom. The molecule has 0 bridgehead atoms. The topological polar surface area (TPSA) is 71.8 Å². The first-order chi connectivity index (χ1) is 12.6. The average molecular weight is 361 g/mol. The largest absolute Gasteiger partial charge is 0.284 e. The van der Waals surface area contributed by atoms with Gasteiger partial charge in [-0.3, -0.25) is 14.4 Å². The monoisotopic (exact) mass is 361 g/mol. The molecule has 3 heterocycles. The molecule has 2 amide bonds. The van der Waals surface area contributed by atoms with Crippen molar-refractivity contribution in [2.75, 3.05) is 4.90 Å². The molecule has 26 heavy (non-hydrogen) atoms. The Morgan fingerprint density at radius 3 is 2.42 bits per heavy atom. The van der Waals surface area contributed by atoms with Gasteiger partial charge in [-0.05, 0) is 31.2 Å². The highest BCUT2D eigenvalue weighted by Gasteiger charge is 2.41. The van der Waals surface area contributed by atoms with Crippen molar-refractivity contribution in [3.8, 4) is 0 Å². The van der Waals surface area contributed by atoms with E-state index in [4.69, 9.17) is 0 Å². The van der Waals surface area contributed by atoms with Gasteiger partial charge < -0.3 is 0 Å². The lowest BCUT2D eigenvalue weighted by molar-refractivity contribution is 0.0925. The first kappa shape index (κ1) is 15.0. The Morgan fingerprint density at radius 2 is 1.65 bits per heavy atom. The van der Waals surface area contributed by atoms with Gasteiger partial charge in [0.1, 0.15) is 10.6 Å². The average Bonchev–Trinajstić information content (AvgIpc) is 3.13. The highest BCUT2D eigenvalue weighted by atomic mass is 32.1. The van der Waals surface area contributed by atoms with Crippen LogP contribution in [0.25, 0.3) is 15.9 Å². The van der Waals surface area contributed by atoms with Crippen LogP contribution in [0.4, 0.5) is 5.69 Å². The molecule has 2 aromatic carbocycles. The fraction of sp³-hybridized carbons (Fsp3) is 0.0526. The number of amides is 2. The van der Waals surface area contributed by atoms with Crippen molar-refractivity contribution in [3.05, 3.63) is 75.0 Å². The van der Waals surface area contributed by atoms with E-state index < -0.39 is 11.8 Å². The van der Waals surface area contributed by atoms with Crippen LogP contribution in [0.3, 0.4) is 0 Å². The Balaban J connectivity index is 1.78. The third-order valence-corrected chi connectivity index (χ3v) is 5.50. The standard InChI is InChI=1S/C19H11N3O3S/c1-10-6-8-11(9-7-10)21-17(24)14-15(18(21)25)26-19-20-13-5-3-2-4-12(13)16(23)22(14)19/h2-9H,1H3. The Labute approximate surface area is 150 Å². The van der Waals surface area contributed by atoms with Crippen LogP contribution in [0.2, 0.25) is 0 Å². The molecule has 0 radical (unpaired) electrons. The lowest BCUT2D eigenvalue weighted by Crippen LogP contribution is -2.31. The number of nitrogens with zero attached hydrogens (tertiary/aromatic N) is 3. The number of anilines is 1. The van der Waals surface area contributed by atoms with Crippen molar-refractivity contribution < 1.29 is 9.59 Å². The van der Waals surface area contributed by atoms with E-state index in [2.05, 4.69) is 4.98 Å². The second-order valence-corrected chi connectivity index (χ2v) is 7.09. The van der Waals surface area contributed by atoms with Crippen LogP contribution in [0, 0.1) is 6.92 Å². The minimum absolute atomic E-state index is 0.0961. The van der Waals surface area contributed by atoms with Crippen LogP contribution in [0.15, 0.2) is 53.3 Å². The SMILES string of the molecule is Cc1ccc(N2C(=O)c3sc4nc5ccccc5c(=O)n4c3C2=O)cc1. The first-order valence-electron chi connectivity index (χ1n) is 7.96. The van der Waals surface area contributed by atoms with E-state index in [0.29, 0.717) is 21.6 Å². The third-order valence-electron chi connectivity index (χ3n) is 4.47. The van der Waals surface area contributed by atoms with Gasteiger partial charge in [-0.25, -0.2) is 14.3 Å². The number of thiazole rings is 1. The van der Waals surface area contributed by atoms with Crippen LogP contribution in [0.5, 0.6) is 0 Å². The van der Waals surface area contributed by atoms with Gasteiger partial charge in [0.2, 0.25) is 0 Å². The molecule has 0 saturated heterocycles. The molecule has 1 aliphatic rings. The molecule has 0 aliphatic carbocycles. The molecule has 6 nitrogen and oxygen atoms in total. The van der Waals surface area contributed by atoms with Crippen molar-refractivity contribution in [2.24, 2.45) is 0 Å². The summed E-state index contributed by atoms with van der Waals surface area (Å²) in [4.78, 5) is 44.9. The number of imide groups is 1. The van der Waals surface area contributed by atoms with E-state index in [0.717, 1.165) is 21.8 Å². The molecule has 2 aromatic heterocycles. The number of hydrogen-bond donors (Lipinski definition) is 0. The zero-order valence-corrected chi connectivity index (χ0v) is 14.4. The molecule has 4 aromatic rings. The highest BCUT2D eigenvalue weighted by molar-refractivity contribution is 7.19. The number of fused-ring (bicyclic) bond motifs is 4. The predicted octanol–water partition coefficient (Wildman–Crippen LogP) is 3.02. The van der Waals surface area contributed by atoms with Gasteiger partial charge in [0.25, 0.3) is 17.4 Å². The van der Waals surface area contributed by atoms with Crippen molar-refractivity contribution in [1.29, 1.82) is 0 Å². The minimum Gasteiger partial charge on any atom is -0.268 e. The van der Waals surface area contributed by atoms with Crippen LogP contribution >= 0.6 is 11.3 Å². The van der Waals surface area contributed by atoms with E-state index in [1.165, 1.54) is 4.40 Å². The molecular weight excluding hydrogens is 350 g/mol. The fourth-order valence-electron chi connectivity index (χ4n) is 3.18. The molecule has 126 valence electrons. The highest BCUT2D eigenvalue weighted by Crippen LogP contribution is 2.33. The second-order valence-electron chi connectivity index (χ2n) is 6.11. The lowest BCUT2D eigenvalue weighted by atomic mass is 10.2. The van der Waals surface area contributed by atoms with Gasteiger partial charge in [0.05, 0.1) is 16.6 Å². The second kappa shape index (κ2) is 5.09. The Kier molecular flexibility index (Phi) is 2.93. The summed E-state index contributed by atoms with van der Waals surface area (Å²) in [5.74, 6) is -0.924. The maximum atomic E-state index is 13.0. The van der Waals surface area contributed by atoms with Crippen LogP contribution < -0.4 is 10.5 Å². The molecule has 0 fully saturated rings. The van der Waals surface area contributed by atoms with Gasteiger partial charge in [0.15, 0.2) is 4.96 Å². The maximum Gasteiger partial charge on any atom is 0.284 e.